The molecule has 3 aromatic heterocycles. The third-order valence-electron chi connectivity index (χ3n) is 3.98. The van der Waals surface area contributed by atoms with E-state index in [-0.39, 0.29) is 17.0 Å². The summed E-state index contributed by atoms with van der Waals surface area (Å²) in [4.78, 5) is 28.3. The van der Waals surface area contributed by atoms with Crippen LogP contribution in [0, 0.1) is 10.1 Å². The van der Waals surface area contributed by atoms with E-state index in [4.69, 9.17) is 13.6 Å². The summed E-state index contributed by atoms with van der Waals surface area (Å²) in [5.74, 6) is 0.630. The zero-order valence-electron chi connectivity index (χ0n) is 14.9. The number of carbonyl (C=O) groups is 1. The van der Waals surface area contributed by atoms with Gasteiger partial charge in [-0.05, 0) is 36.4 Å². The number of nitro groups is 1. The highest BCUT2D eigenvalue weighted by atomic mass is 32.1. The van der Waals surface area contributed by atoms with E-state index < -0.39 is 10.8 Å². The van der Waals surface area contributed by atoms with Crippen molar-refractivity contribution in [3.63, 3.8) is 0 Å². The van der Waals surface area contributed by atoms with Crippen LogP contribution in [0.25, 0.3) is 22.1 Å². The summed E-state index contributed by atoms with van der Waals surface area (Å²) in [6.07, 6.45) is 3.06. The van der Waals surface area contributed by atoms with Crippen molar-refractivity contribution < 1.29 is 23.3 Å². The lowest BCUT2D eigenvalue weighted by molar-refractivity contribution is -0.385. The molecule has 1 amide bonds. The average molecular weight is 411 g/mol. The zero-order valence-corrected chi connectivity index (χ0v) is 15.8. The standard InChI is InChI=1S/C19H13N3O6S/c1-26-13-7-6-11(10-12(13)22(24)25)18(23)21-19-20-16(14-4-2-8-27-14)17(29-19)15-5-3-9-28-15/h2-10H,1H3,(H,20,21,23). The number of ether oxygens (including phenoxy) is 1. The lowest BCUT2D eigenvalue weighted by Gasteiger charge is -2.04. The smallest absolute Gasteiger partial charge is 0.311 e. The van der Waals surface area contributed by atoms with E-state index in [2.05, 4.69) is 10.3 Å². The van der Waals surface area contributed by atoms with Crippen LogP contribution in [0.3, 0.4) is 0 Å². The van der Waals surface area contributed by atoms with Crippen LogP contribution >= 0.6 is 11.3 Å². The molecule has 0 saturated heterocycles. The molecule has 0 aliphatic carbocycles. The highest BCUT2D eigenvalue weighted by Crippen LogP contribution is 2.39. The maximum atomic E-state index is 12.6. The predicted octanol–water partition coefficient (Wildman–Crippen LogP) is 4.83. The van der Waals surface area contributed by atoms with Gasteiger partial charge < -0.3 is 13.6 Å². The van der Waals surface area contributed by atoms with Crippen LogP contribution < -0.4 is 10.1 Å². The molecule has 0 saturated carbocycles. The second-order valence-electron chi connectivity index (χ2n) is 5.75. The van der Waals surface area contributed by atoms with E-state index in [9.17, 15) is 14.9 Å². The van der Waals surface area contributed by atoms with Gasteiger partial charge in [0, 0.05) is 11.6 Å². The molecule has 0 aliphatic heterocycles. The first-order valence-corrected chi connectivity index (χ1v) is 9.11. The summed E-state index contributed by atoms with van der Waals surface area (Å²) >= 11 is 1.20. The van der Waals surface area contributed by atoms with Gasteiger partial charge in [0.1, 0.15) is 16.3 Å². The van der Waals surface area contributed by atoms with Gasteiger partial charge in [-0.3, -0.25) is 20.2 Å². The number of aromatic nitrogens is 1. The van der Waals surface area contributed by atoms with Gasteiger partial charge in [0.25, 0.3) is 5.91 Å². The number of nitro benzene ring substituents is 1. The minimum Gasteiger partial charge on any atom is -0.490 e. The number of nitrogens with one attached hydrogen (secondary N) is 1. The van der Waals surface area contributed by atoms with E-state index in [0.717, 1.165) is 6.07 Å². The number of carbonyl (C=O) groups excluding carboxylic acids is 1. The number of furan rings is 2. The van der Waals surface area contributed by atoms with Crippen LogP contribution in [0.15, 0.2) is 63.8 Å². The summed E-state index contributed by atoms with van der Waals surface area (Å²) in [5, 5.41) is 14.2. The van der Waals surface area contributed by atoms with Crippen LogP contribution in [0.2, 0.25) is 0 Å². The Labute approximate surface area is 167 Å². The molecule has 4 rings (SSSR count). The molecule has 10 heteroatoms. The van der Waals surface area contributed by atoms with Crippen LogP contribution in [0.1, 0.15) is 10.4 Å². The van der Waals surface area contributed by atoms with Crippen LogP contribution in [-0.4, -0.2) is 22.9 Å². The number of benzene rings is 1. The molecule has 0 bridgehead atoms. The molecule has 0 radical (unpaired) electrons. The lowest BCUT2D eigenvalue weighted by Crippen LogP contribution is -2.12. The third-order valence-corrected chi connectivity index (χ3v) is 4.97. The Balaban J connectivity index is 1.66. The Bertz CT molecular complexity index is 1110. The van der Waals surface area contributed by atoms with Crippen molar-refractivity contribution in [2.75, 3.05) is 12.4 Å². The van der Waals surface area contributed by atoms with Crippen molar-refractivity contribution in [2.24, 2.45) is 0 Å². The molecule has 9 nitrogen and oxygen atoms in total. The highest BCUT2D eigenvalue weighted by molar-refractivity contribution is 7.19. The number of rotatable bonds is 6. The fourth-order valence-electron chi connectivity index (χ4n) is 2.67. The summed E-state index contributed by atoms with van der Waals surface area (Å²) < 4.78 is 15.8. The number of nitrogens with zero attached hydrogens (tertiary/aromatic N) is 2. The summed E-state index contributed by atoms with van der Waals surface area (Å²) in [6.45, 7) is 0. The highest BCUT2D eigenvalue weighted by Gasteiger charge is 2.22. The second kappa shape index (κ2) is 7.60. The first-order valence-electron chi connectivity index (χ1n) is 8.29. The Morgan fingerprint density at radius 1 is 1.17 bits per heavy atom. The number of amides is 1. The first-order chi connectivity index (χ1) is 14.1. The molecule has 0 fully saturated rings. The molecule has 0 aliphatic rings. The molecule has 1 aromatic carbocycles. The van der Waals surface area contributed by atoms with Gasteiger partial charge in [0.15, 0.2) is 16.6 Å². The van der Waals surface area contributed by atoms with E-state index in [1.807, 2.05) is 0 Å². The molecule has 0 unspecified atom stereocenters. The zero-order chi connectivity index (χ0) is 20.4. The summed E-state index contributed by atoms with van der Waals surface area (Å²) in [7, 11) is 1.32. The number of anilines is 1. The quantitative estimate of drug-likeness (QED) is 0.356. The summed E-state index contributed by atoms with van der Waals surface area (Å²) in [6, 6.07) is 11.0. The molecule has 29 heavy (non-hydrogen) atoms. The maximum Gasteiger partial charge on any atom is 0.311 e. The normalized spacial score (nSPS) is 10.7. The van der Waals surface area contributed by atoms with Crippen molar-refractivity contribution in [2.45, 2.75) is 0 Å². The van der Waals surface area contributed by atoms with Gasteiger partial charge in [0.2, 0.25) is 0 Å². The summed E-state index contributed by atoms with van der Waals surface area (Å²) in [5.41, 5.74) is 0.324. The number of hydrogen-bond acceptors (Lipinski definition) is 8. The van der Waals surface area contributed by atoms with E-state index in [0.29, 0.717) is 27.2 Å². The predicted molar refractivity (Wildman–Crippen MR) is 105 cm³/mol. The SMILES string of the molecule is COc1ccc(C(=O)Nc2nc(-c3ccco3)c(-c3ccco3)s2)cc1[N+](=O)[O-]. The third kappa shape index (κ3) is 3.60. The minimum atomic E-state index is -0.608. The molecule has 4 aromatic rings. The van der Waals surface area contributed by atoms with Gasteiger partial charge in [0.05, 0.1) is 24.6 Å². The maximum absolute atomic E-state index is 12.6. The monoisotopic (exact) mass is 411 g/mol. The second-order valence-corrected chi connectivity index (χ2v) is 6.75. The van der Waals surface area contributed by atoms with Crippen molar-refractivity contribution >= 4 is 28.1 Å². The molecule has 0 atom stereocenters. The van der Waals surface area contributed by atoms with Gasteiger partial charge in [-0.15, -0.1) is 0 Å². The van der Waals surface area contributed by atoms with E-state index in [1.165, 1.54) is 43.1 Å². The number of thiazole rings is 1. The Kier molecular flexibility index (Phi) is 4.83. The number of methoxy groups -OCH3 is 1. The topological polar surface area (TPSA) is 121 Å². The fraction of sp³-hybridized carbons (Fsp3) is 0.0526. The largest absolute Gasteiger partial charge is 0.490 e. The number of hydrogen-bond donors (Lipinski definition) is 1. The van der Waals surface area contributed by atoms with Crippen LogP contribution in [-0.2, 0) is 0 Å². The van der Waals surface area contributed by atoms with E-state index in [1.54, 1.807) is 24.3 Å². The average Bonchev–Trinajstić information content (AvgIpc) is 3.47. The van der Waals surface area contributed by atoms with Gasteiger partial charge in [-0.2, -0.15) is 0 Å². The van der Waals surface area contributed by atoms with Crippen molar-refractivity contribution in [3.8, 4) is 27.8 Å². The molecular formula is C19H13N3O6S. The molecule has 1 N–H and O–H groups in total. The van der Waals surface area contributed by atoms with Crippen LogP contribution in [0.4, 0.5) is 10.8 Å². The Hall–Kier alpha value is -3.92. The minimum absolute atomic E-state index is 0.0704. The lowest BCUT2D eigenvalue weighted by atomic mass is 10.2. The first kappa shape index (κ1) is 18.4. The van der Waals surface area contributed by atoms with Gasteiger partial charge >= 0.3 is 5.69 Å². The molecular weight excluding hydrogens is 398 g/mol. The van der Waals surface area contributed by atoms with Gasteiger partial charge in [-0.1, -0.05) is 11.3 Å². The van der Waals surface area contributed by atoms with Gasteiger partial charge in [-0.25, -0.2) is 4.98 Å². The molecule has 146 valence electrons. The van der Waals surface area contributed by atoms with Crippen molar-refractivity contribution in [3.05, 3.63) is 70.7 Å². The van der Waals surface area contributed by atoms with E-state index >= 15 is 0 Å². The Morgan fingerprint density at radius 2 is 1.90 bits per heavy atom. The fourth-order valence-corrected chi connectivity index (χ4v) is 3.61. The van der Waals surface area contributed by atoms with Crippen LogP contribution in [0.5, 0.6) is 5.75 Å². The molecule has 3 heterocycles. The Morgan fingerprint density at radius 3 is 2.52 bits per heavy atom. The van der Waals surface area contributed by atoms with Crippen molar-refractivity contribution in [1.29, 1.82) is 0 Å². The van der Waals surface area contributed by atoms with Crippen molar-refractivity contribution in [1.82, 2.24) is 4.98 Å². The molecule has 0 spiro atoms.